The third-order valence-electron chi connectivity index (χ3n) is 3.15. The molecule has 2 aromatic rings. The van der Waals surface area contributed by atoms with Crippen molar-refractivity contribution in [3.05, 3.63) is 46.5 Å². The summed E-state index contributed by atoms with van der Waals surface area (Å²) in [7, 11) is -3.89. The minimum atomic E-state index is -3.89. The summed E-state index contributed by atoms with van der Waals surface area (Å²) in [5.74, 6) is -0.802. The summed E-state index contributed by atoms with van der Waals surface area (Å²) in [6, 6.07) is 4.34. The number of nitrogens with zero attached hydrogens (tertiary/aromatic N) is 2. The summed E-state index contributed by atoms with van der Waals surface area (Å²) in [5.41, 5.74) is 0.918. The largest absolute Gasteiger partial charge is 0.264 e. The number of sulfonamides is 1. The van der Waals surface area contributed by atoms with Crippen LogP contribution in [0.5, 0.6) is 0 Å². The summed E-state index contributed by atoms with van der Waals surface area (Å²) in [5, 5.41) is 3.32. The zero-order chi connectivity index (χ0) is 14.2. The van der Waals surface area contributed by atoms with E-state index in [1.807, 2.05) is 16.8 Å². The first-order valence-electron chi connectivity index (χ1n) is 6.22. The smallest absolute Gasteiger partial charge is 0.241 e. The molecule has 0 unspecified atom stereocenters. The maximum absolute atomic E-state index is 13.7. The van der Waals surface area contributed by atoms with Crippen LogP contribution in [0.25, 0.3) is 0 Å². The van der Waals surface area contributed by atoms with Gasteiger partial charge in [0.1, 0.15) is 0 Å². The van der Waals surface area contributed by atoms with Crippen molar-refractivity contribution in [2.24, 2.45) is 0 Å². The molecule has 3 rings (SSSR count). The molecule has 2 heterocycles. The molecule has 0 atom stereocenters. The van der Waals surface area contributed by atoms with Gasteiger partial charge in [0.25, 0.3) is 10.0 Å². The Bertz CT molecular complexity index is 697. The molecule has 2 aromatic heterocycles. The van der Waals surface area contributed by atoms with Gasteiger partial charge in [-0.1, -0.05) is 0 Å². The molecule has 1 aliphatic rings. The van der Waals surface area contributed by atoms with Crippen molar-refractivity contribution < 1.29 is 12.8 Å². The number of rotatable bonds is 5. The Hall–Kier alpha value is -1.31. The first kappa shape index (κ1) is 13.7. The Kier molecular flexibility index (Phi) is 3.57. The highest BCUT2D eigenvalue weighted by Crippen LogP contribution is 2.33. The molecule has 0 N–H and O–H groups in total. The second kappa shape index (κ2) is 5.23. The zero-order valence-electron chi connectivity index (χ0n) is 10.6. The van der Waals surface area contributed by atoms with Gasteiger partial charge in [0.15, 0.2) is 5.82 Å². The highest BCUT2D eigenvalue weighted by molar-refractivity contribution is 7.89. The van der Waals surface area contributed by atoms with Crippen molar-refractivity contribution in [2.75, 3.05) is 0 Å². The van der Waals surface area contributed by atoms with Gasteiger partial charge in [-0.2, -0.15) is 15.6 Å². The fraction of sp³-hybridized carbons (Fsp3) is 0.308. The lowest BCUT2D eigenvalue weighted by Gasteiger charge is -2.21. The maximum Gasteiger partial charge on any atom is 0.264 e. The van der Waals surface area contributed by atoms with Crippen LogP contribution < -0.4 is 0 Å². The molecule has 1 saturated carbocycles. The maximum atomic E-state index is 13.7. The highest BCUT2D eigenvalue weighted by Gasteiger charge is 2.39. The standard InChI is InChI=1S/C13H13FN2O2S2/c14-12-2-1-6-15-13(12)20(17,18)16(11-3-4-11)8-10-5-7-19-9-10/h1-2,5-7,9,11H,3-4,8H2. The van der Waals surface area contributed by atoms with E-state index >= 15 is 0 Å². The van der Waals surface area contributed by atoms with E-state index in [1.165, 1.54) is 27.9 Å². The summed E-state index contributed by atoms with van der Waals surface area (Å²) in [4.78, 5) is 3.71. The molecule has 0 saturated heterocycles. The molecule has 0 spiro atoms. The van der Waals surface area contributed by atoms with Crippen LogP contribution >= 0.6 is 11.3 Å². The Balaban J connectivity index is 1.96. The molecule has 106 valence electrons. The Morgan fingerprint density at radius 3 is 2.80 bits per heavy atom. The van der Waals surface area contributed by atoms with Gasteiger partial charge in [0.2, 0.25) is 5.03 Å². The topological polar surface area (TPSA) is 50.3 Å². The van der Waals surface area contributed by atoms with Crippen LogP contribution in [0.3, 0.4) is 0 Å². The van der Waals surface area contributed by atoms with Crippen molar-refractivity contribution in [3.8, 4) is 0 Å². The monoisotopic (exact) mass is 312 g/mol. The van der Waals surface area contributed by atoms with Gasteiger partial charge < -0.3 is 0 Å². The molecule has 0 aliphatic heterocycles. The minimum absolute atomic E-state index is 0.0405. The van der Waals surface area contributed by atoms with E-state index in [2.05, 4.69) is 4.98 Å². The minimum Gasteiger partial charge on any atom is -0.241 e. The molecule has 0 radical (unpaired) electrons. The number of hydrogen-bond donors (Lipinski definition) is 0. The van der Waals surface area contributed by atoms with E-state index in [0.717, 1.165) is 24.5 Å². The average Bonchev–Trinajstić information content (AvgIpc) is 3.12. The lowest BCUT2D eigenvalue weighted by molar-refractivity contribution is 0.393. The SMILES string of the molecule is O=S(=O)(c1ncccc1F)N(Cc1ccsc1)C1CC1. The first-order chi connectivity index (χ1) is 9.59. The highest BCUT2D eigenvalue weighted by atomic mass is 32.2. The quantitative estimate of drug-likeness (QED) is 0.853. The molecule has 0 amide bonds. The van der Waals surface area contributed by atoms with Crippen molar-refractivity contribution in [2.45, 2.75) is 30.5 Å². The van der Waals surface area contributed by atoms with Crippen molar-refractivity contribution in [1.29, 1.82) is 0 Å². The van der Waals surface area contributed by atoms with Gasteiger partial charge in [-0.05, 0) is 47.4 Å². The molecule has 7 heteroatoms. The summed E-state index contributed by atoms with van der Waals surface area (Å²) in [6.45, 7) is 0.270. The van der Waals surface area contributed by atoms with E-state index in [9.17, 15) is 12.8 Å². The van der Waals surface area contributed by atoms with Gasteiger partial charge in [-0.15, -0.1) is 0 Å². The normalized spacial score (nSPS) is 15.7. The fourth-order valence-corrected chi connectivity index (χ4v) is 4.32. The van der Waals surface area contributed by atoms with Gasteiger partial charge in [0, 0.05) is 18.8 Å². The Morgan fingerprint density at radius 2 is 2.20 bits per heavy atom. The van der Waals surface area contributed by atoms with Crippen LogP contribution in [0.15, 0.2) is 40.2 Å². The van der Waals surface area contributed by atoms with Crippen LogP contribution in [0, 0.1) is 5.82 Å². The van der Waals surface area contributed by atoms with Crippen LogP contribution in [-0.2, 0) is 16.6 Å². The number of hydrogen-bond acceptors (Lipinski definition) is 4. The Morgan fingerprint density at radius 1 is 1.40 bits per heavy atom. The molecule has 4 nitrogen and oxygen atoms in total. The lowest BCUT2D eigenvalue weighted by Crippen LogP contribution is -2.33. The predicted octanol–water partition coefficient (Wildman–Crippen LogP) is 2.64. The van der Waals surface area contributed by atoms with Gasteiger partial charge in [-0.25, -0.2) is 17.8 Å². The molecule has 1 fully saturated rings. The average molecular weight is 312 g/mol. The first-order valence-corrected chi connectivity index (χ1v) is 8.61. The number of thiophene rings is 1. The van der Waals surface area contributed by atoms with Crippen LogP contribution in [0.1, 0.15) is 18.4 Å². The predicted molar refractivity (Wildman–Crippen MR) is 74.3 cm³/mol. The van der Waals surface area contributed by atoms with Crippen LogP contribution in [-0.4, -0.2) is 23.7 Å². The number of pyridine rings is 1. The zero-order valence-corrected chi connectivity index (χ0v) is 12.2. The summed E-state index contributed by atoms with van der Waals surface area (Å²) in [6.07, 6.45) is 2.93. The number of aromatic nitrogens is 1. The van der Waals surface area contributed by atoms with Gasteiger partial charge in [0.05, 0.1) is 0 Å². The van der Waals surface area contributed by atoms with E-state index < -0.39 is 20.9 Å². The molecule has 0 bridgehead atoms. The Labute approximate surface area is 120 Å². The molecular formula is C13H13FN2O2S2. The molecule has 20 heavy (non-hydrogen) atoms. The number of halogens is 1. The van der Waals surface area contributed by atoms with Crippen LogP contribution in [0.4, 0.5) is 4.39 Å². The van der Waals surface area contributed by atoms with Gasteiger partial charge >= 0.3 is 0 Å². The second-order valence-electron chi connectivity index (χ2n) is 4.70. The van der Waals surface area contributed by atoms with Crippen LogP contribution in [0.2, 0.25) is 0 Å². The summed E-state index contributed by atoms with van der Waals surface area (Å²) < 4.78 is 40.3. The molecular weight excluding hydrogens is 299 g/mol. The van der Waals surface area contributed by atoms with E-state index in [0.29, 0.717) is 0 Å². The van der Waals surface area contributed by atoms with E-state index in [-0.39, 0.29) is 12.6 Å². The van der Waals surface area contributed by atoms with Gasteiger partial charge in [-0.3, -0.25) is 0 Å². The molecule has 1 aliphatic carbocycles. The summed E-state index contributed by atoms with van der Waals surface area (Å²) >= 11 is 1.51. The van der Waals surface area contributed by atoms with E-state index in [1.54, 1.807) is 0 Å². The second-order valence-corrected chi connectivity index (χ2v) is 7.29. The van der Waals surface area contributed by atoms with E-state index in [4.69, 9.17) is 0 Å². The fourth-order valence-electron chi connectivity index (χ4n) is 2.01. The van der Waals surface area contributed by atoms with Crippen molar-refractivity contribution in [3.63, 3.8) is 0 Å². The lowest BCUT2D eigenvalue weighted by atomic mass is 10.3. The third-order valence-corrected chi connectivity index (χ3v) is 5.72. The molecule has 0 aromatic carbocycles. The van der Waals surface area contributed by atoms with Crippen molar-refractivity contribution >= 4 is 21.4 Å². The third kappa shape index (κ3) is 2.61. The van der Waals surface area contributed by atoms with Crippen molar-refractivity contribution in [1.82, 2.24) is 9.29 Å².